The zero-order valence-electron chi connectivity index (χ0n) is 23.3. The molecule has 2 saturated heterocycles. The standard InChI is InChI=1S/C27H29Cl2N3O11/c1-3-40-26(33)15-7-20(31(35)36)24(28)22(9-15)42-13-19(30-17-5-6-18(30)12-39-11-17)14-43-23-10-16(27(34)41-4-2)8-21(25(23)29)32(37)38/h7-10,17-19H,3-6,11-14H2,1-2H3/t17-,18+. The molecule has 2 heterocycles. The van der Waals surface area contributed by atoms with Crippen LogP contribution in [-0.2, 0) is 14.2 Å². The van der Waals surface area contributed by atoms with Crippen LogP contribution in [0.3, 0.4) is 0 Å². The van der Waals surface area contributed by atoms with Gasteiger partial charge in [-0.05, 0) is 38.8 Å². The van der Waals surface area contributed by atoms with E-state index in [9.17, 15) is 29.8 Å². The Hall–Kier alpha value is -3.72. The van der Waals surface area contributed by atoms with Crippen molar-refractivity contribution in [2.75, 3.05) is 39.6 Å². The van der Waals surface area contributed by atoms with E-state index in [1.165, 1.54) is 12.1 Å². The number of nitro groups is 2. The second-order valence-electron chi connectivity index (χ2n) is 9.72. The third-order valence-electron chi connectivity index (χ3n) is 7.04. The minimum atomic E-state index is -0.782. The summed E-state index contributed by atoms with van der Waals surface area (Å²) >= 11 is 12.6. The van der Waals surface area contributed by atoms with E-state index in [1.807, 2.05) is 0 Å². The summed E-state index contributed by atoms with van der Waals surface area (Å²) in [6.07, 6.45) is 1.69. The second kappa shape index (κ2) is 14.2. The van der Waals surface area contributed by atoms with Crippen molar-refractivity contribution in [3.05, 3.63) is 65.7 Å². The van der Waals surface area contributed by atoms with Crippen LogP contribution in [0.15, 0.2) is 24.3 Å². The van der Waals surface area contributed by atoms with Gasteiger partial charge in [0.25, 0.3) is 11.4 Å². The molecule has 14 nitrogen and oxygen atoms in total. The molecule has 2 atom stereocenters. The van der Waals surface area contributed by atoms with Gasteiger partial charge < -0.3 is 23.7 Å². The lowest BCUT2D eigenvalue weighted by Gasteiger charge is -2.40. The summed E-state index contributed by atoms with van der Waals surface area (Å²) in [5.41, 5.74) is -1.28. The summed E-state index contributed by atoms with van der Waals surface area (Å²) in [4.78, 5) is 48.7. The number of ether oxygens (including phenoxy) is 5. The fourth-order valence-electron chi connectivity index (χ4n) is 5.16. The Morgan fingerprint density at radius 2 is 1.28 bits per heavy atom. The van der Waals surface area contributed by atoms with E-state index in [4.69, 9.17) is 46.9 Å². The van der Waals surface area contributed by atoms with E-state index < -0.39 is 39.2 Å². The number of fused-ring (bicyclic) bond motifs is 2. The van der Waals surface area contributed by atoms with Crippen molar-refractivity contribution in [1.29, 1.82) is 0 Å². The first kappa shape index (κ1) is 32.2. The minimum absolute atomic E-state index is 0.0160. The smallest absolute Gasteiger partial charge is 0.338 e. The van der Waals surface area contributed by atoms with Crippen LogP contribution in [0.25, 0.3) is 0 Å². The Morgan fingerprint density at radius 1 is 0.860 bits per heavy atom. The fraction of sp³-hybridized carbons (Fsp3) is 0.481. The molecule has 0 aromatic heterocycles. The Labute approximate surface area is 256 Å². The van der Waals surface area contributed by atoms with E-state index >= 15 is 0 Å². The normalized spacial score (nSPS) is 17.9. The van der Waals surface area contributed by atoms with Gasteiger partial charge in [0, 0.05) is 24.2 Å². The van der Waals surface area contributed by atoms with Gasteiger partial charge in [-0.2, -0.15) is 0 Å². The number of carbonyl (C=O) groups is 2. The van der Waals surface area contributed by atoms with Gasteiger partial charge in [0.15, 0.2) is 10.0 Å². The van der Waals surface area contributed by atoms with Gasteiger partial charge in [0.2, 0.25) is 0 Å². The molecule has 0 radical (unpaired) electrons. The van der Waals surface area contributed by atoms with E-state index in [-0.39, 0.29) is 71.2 Å². The Morgan fingerprint density at radius 3 is 1.65 bits per heavy atom. The molecule has 2 aromatic rings. The van der Waals surface area contributed by atoms with Gasteiger partial charge in [-0.15, -0.1) is 0 Å². The van der Waals surface area contributed by atoms with E-state index in [2.05, 4.69) is 4.90 Å². The van der Waals surface area contributed by atoms with Gasteiger partial charge in [0.1, 0.15) is 24.7 Å². The molecule has 4 rings (SSSR count). The fourth-order valence-corrected chi connectivity index (χ4v) is 5.62. The highest BCUT2D eigenvalue weighted by molar-refractivity contribution is 6.34. The molecule has 0 N–H and O–H groups in total. The zero-order chi connectivity index (χ0) is 31.3. The second-order valence-corrected chi connectivity index (χ2v) is 10.5. The molecule has 232 valence electrons. The predicted molar refractivity (Wildman–Crippen MR) is 152 cm³/mol. The number of morpholine rings is 1. The Balaban J connectivity index is 1.64. The molecule has 2 aliphatic heterocycles. The number of esters is 2. The summed E-state index contributed by atoms with van der Waals surface area (Å²) in [6.45, 7) is 4.03. The summed E-state index contributed by atoms with van der Waals surface area (Å²) in [5, 5.41) is 22.7. The van der Waals surface area contributed by atoms with Crippen LogP contribution < -0.4 is 9.47 Å². The highest BCUT2D eigenvalue weighted by Gasteiger charge is 2.42. The van der Waals surface area contributed by atoms with Gasteiger partial charge in [-0.1, -0.05) is 23.2 Å². The molecular formula is C27H29Cl2N3O11. The molecule has 0 spiro atoms. The Kier molecular flexibility index (Phi) is 10.6. The van der Waals surface area contributed by atoms with E-state index in [0.717, 1.165) is 25.0 Å². The van der Waals surface area contributed by atoms with Gasteiger partial charge in [-0.25, -0.2) is 9.59 Å². The molecular weight excluding hydrogens is 613 g/mol. The average molecular weight is 642 g/mol. The molecule has 0 saturated carbocycles. The molecule has 16 heteroatoms. The quantitative estimate of drug-likeness (QED) is 0.166. The largest absolute Gasteiger partial charge is 0.490 e. The molecule has 43 heavy (non-hydrogen) atoms. The van der Waals surface area contributed by atoms with Crippen molar-refractivity contribution in [1.82, 2.24) is 4.90 Å². The summed E-state index contributed by atoms with van der Waals surface area (Å²) in [6, 6.07) is 4.07. The van der Waals surface area contributed by atoms with Crippen LogP contribution >= 0.6 is 23.2 Å². The number of rotatable bonds is 13. The number of carbonyl (C=O) groups excluding carboxylic acids is 2. The molecule has 2 bridgehead atoms. The zero-order valence-corrected chi connectivity index (χ0v) is 24.8. The van der Waals surface area contributed by atoms with Crippen LogP contribution in [0.5, 0.6) is 11.5 Å². The van der Waals surface area contributed by atoms with Crippen molar-refractivity contribution in [2.24, 2.45) is 0 Å². The number of hydrogen-bond donors (Lipinski definition) is 0. The maximum Gasteiger partial charge on any atom is 0.338 e. The number of halogens is 2. The van der Waals surface area contributed by atoms with Crippen molar-refractivity contribution >= 4 is 46.5 Å². The summed E-state index contributed by atoms with van der Waals surface area (Å²) in [7, 11) is 0. The molecule has 0 aliphatic carbocycles. The van der Waals surface area contributed by atoms with E-state index in [0.29, 0.717) is 13.2 Å². The predicted octanol–water partition coefficient (Wildman–Crippen LogP) is 4.85. The number of hydrogen-bond acceptors (Lipinski definition) is 12. The number of nitro benzene ring substituents is 2. The van der Waals surface area contributed by atoms with Crippen LogP contribution in [0.1, 0.15) is 47.4 Å². The maximum absolute atomic E-state index is 12.4. The number of nitrogens with zero attached hydrogens (tertiary/aromatic N) is 3. The van der Waals surface area contributed by atoms with Crippen LogP contribution in [0.2, 0.25) is 10.0 Å². The van der Waals surface area contributed by atoms with E-state index in [1.54, 1.807) is 13.8 Å². The third-order valence-corrected chi connectivity index (χ3v) is 7.80. The highest BCUT2D eigenvalue weighted by atomic mass is 35.5. The topological polar surface area (TPSA) is 170 Å². The van der Waals surface area contributed by atoms with Crippen molar-refractivity contribution in [3.8, 4) is 11.5 Å². The van der Waals surface area contributed by atoms with Gasteiger partial charge in [-0.3, -0.25) is 25.1 Å². The average Bonchev–Trinajstić information content (AvgIpc) is 3.21. The van der Waals surface area contributed by atoms with Gasteiger partial charge >= 0.3 is 11.9 Å². The first-order valence-corrected chi connectivity index (χ1v) is 14.2. The van der Waals surface area contributed by atoms with Crippen molar-refractivity contribution < 1.29 is 43.1 Å². The van der Waals surface area contributed by atoms with Crippen LogP contribution in [0, 0.1) is 20.2 Å². The minimum Gasteiger partial charge on any atom is -0.490 e. The van der Waals surface area contributed by atoms with Crippen molar-refractivity contribution in [2.45, 2.75) is 44.8 Å². The molecule has 0 unspecified atom stereocenters. The SMILES string of the molecule is CCOC(=O)c1cc(OCC(COc2cc(C(=O)OCC)cc([N+](=O)[O-])c2Cl)N2[C@@H]3CC[C@H]2COC3)c(Cl)c([N+](=O)[O-])c1. The molecule has 2 fully saturated rings. The summed E-state index contributed by atoms with van der Waals surface area (Å²) < 4.78 is 27.6. The first-order valence-electron chi connectivity index (χ1n) is 13.5. The van der Waals surface area contributed by atoms with Crippen LogP contribution in [-0.4, -0.2) is 84.5 Å². The lowest BCUT2D eigenvalue weighted by molar-refractivity contribution is -0.384. The molecule has 2 aromatic carbocycles. The number of benzene rings is 2. The lowest BCUT2D eigenvalue weighted by Crippen LogP contribution is -2.55. The Bertz CT molecular complexity index is 1300. The monoisotopic (exact) mass is 641 g/mol. The first-order chi connectivity index (χ1) is 20.5. The third kappa shape index (κ3) is 7.26. The van der Waals surface area contributed by atoms with Crippen LogP contribution in [0.4, 0.5) is 11.4 Å². The molecule has 2 aliphatic rings. The summed E-state index contributed by atoms with van der Waals surface area (Å²) in [5.74, 6) is -1.78. The molecule has 0 amide bonds. The van der Waals surface area contributed by atoms with Gasteiger partial charge in [0.05, 0.1) is 53.4 Å². The highest BCUT2D eigenvalue weighted by Crippen LogP contribution is 2.38. The maximum atomic E-state index is 12.4. The lowest BCUT2D eigenvalue weighted by atomic mass is 10.1. The van der Waals surface area contributed by atoms with Crippen molar-refractivity contribution in [3.63, 3.8) is 0 Å².